The van der Waals surface area contributed by atoms with Crippen molar-refractivity contribution in [2.45, 2.75) is 18.6 Å². The lowest BCUT2D eigenvalue weighted by Gasteiger charge is -1.86. The Morgan fingerprint density at radius 3 is 2.88 bits per heavy atom. The number of hydrogen-bond acceptors (Lipinski definition) is 2. The molecule has 1 rings (SSSR count). The molecule has 4 heteroatoms. The van der Waals surface area contributed by atoms with E-state index in [0.717, 1.165) is 6.54 Å². The van der Waals surface area contributed by atoms with E-state index in [0.29, 0.717) is 5.16 Å². The summed E-state index contributed by atoms with van der Waals surface area (Å²) in [6, 6.07) is 0. The summed E-state index contributed by atoms with van der Waals surface area (Å²) in [5.74, 6) is 0. The predicted molar refractivity (Wildman–Crippen MR) is 31.6 cm³/mol. The second-order valence-corrected chi connectivity index (χ2v) is 1.75. The maximum absolute atomic E-state index is 4.66. The standard InChI is InChI=1S/C4H6N3S/c1-2-7-3-5-4(8)6-7/h3H,2H2,1H3. The Morgan fingerprint density at radius 1 is 1.88 bits per heavy atom. The number of aryl methyl sites for hydroxylation is 1. The minimum absolute atomic E-state index is 0.423. The highest BCUT2D eigenvalue weighted by atomic mass is 32.1. The zero-order chi connectivity index (χ0) is 5.98. The van der Waals surface area contributed by atoms with Crippen molar-refractivity contribution >= 4 is 12.6 Å². The molecule has 3 nitrogen and oxygen atoms in total. The first-order valence-corrected chi connectivity index (χ1v) is 2.80. The summed E-state index contributed by atoms with van der Waals surface area (Å²) in [6.07, 6.45) is 1.63. The Labute approximate surface area is 53.1 Å². The SMILES string of the molecule is CCn1cnc([S])n1. The topological polar surface area (TPSA) is 30.7 Å². The molecular formula is C4H6N3S. The van der Waals surface area contributed by atoms with Gasteiger partial charge in [-0.2, -0.15) is 0 Å². The zero-order valence-corrected chi connectivity index (χ0v) is 5.35. The fraction of sp³-hybridized carbons (Fsp3) is 0.500. The van der Waals surface area contributed by atoms with Crippen molar-refractivity contribution in [2.75, 3.05) is 0 Å². The van der Waals surface area contributed by atoms with E-state index in [1.807, 2.05) is 6.92 Å². The fourth-order valence-corrected chi connectivity index (χ4v) is 0.582. The first-order valence-electron chi connectivity index (χ1n) is 2.39. The molecule has 0 bridgehead atoms. The van der Waals surface area contributed by atoms with E-state index in [9.17, 15) is 0 Å². The maximum Gasteiger partial charge on any atom is 0.239 e. The monoisotopic (exact) mass is 128 g/mol. The molecule has 0 atom stereocenters. The van der Waals surface area contributed by atoms with Crippen LogP contribution in [0.2, 0.25) is 0 Å². The molecule has 0 amide bonds. The molecule has 0 N–H and O–H groups in total. The van der Waals surface area contributed by atoms with Crippen LogP contribution in [0.25, 0.3) is 0 Å². The molecule has 0 aliphatic carbocycles. The van der Waals surface area contributed by atoms with Crippen LogP contribution in [0.4, 0.5) is 0 Å². The van der Waals surface area contributed by atoms with Gasteiger partial charge in [0.1, 0.15) is 6.33 Å². The van der Waals surface area contributed by atoms with Crippen molar-refractivity contribution in [1.29, 1.82) is 0 Å². The van der Waals surface area contributed by atoms with Crippen molar-refractivity contribution in [3.8, 4) is 0 Å². The van der Waals surface area contributed by atoms with Gasteiger partial charge in [-0.15, -0.1) is 5.10 Å². The summed E-state index contributed by atoms with van der Waals surface area (Å²) in [7, 11) is 0. The Balaban J connectivity index is 2.84. The molecular weight excluding hydrogens is 122 g/mol. The van der Waals surface area contributed by atoms with Gasteiger partial charge in [-0.3, -0.25) is 4.68 Å². The van der Waals surface area contributed by atoms with Gasteiger partial charge in [0.15, 0.2) is 0 Å². The second-order valence-electron chi connectivity index (χ2n) is 1.38. The van der Waals surface area contributed by atoms with E-state index >= 15 is 0 Å². The number of hydrogen-bond donors (Lipinski definition) is 0. The molecule has 0 aromatic carbocycles. The van der Waals surface area contributed by atoms with E-state index in [-0.39, 0.29) is 0 Å². The minimum atomic E-state index is 0.423. The van der Waals surface area contributed by atoms with Crippen LogP contribution in [0.5, 0.6) is 0 Å². The van der Waals surface area contributed by atoms with Crippen LogP contribution in [0.15, 0.2) is 11.5 Å². The average Bonchev–Trinajstić information content (AvgIpc) is 2.14. The van der Waals surface area contributed by atoms with Crippen molar-refractivity contribution in [3.63, 3.8) is 0 Å². The van der Waals surface area contributed by atoms with Gasteiger partial charge < -0.3 is 0 Å². The Morgan fingerprint density at radius 2 is 2.62 bits per heavy atom. The highest BCUT2D eigenvalue weighted by Crippen LogP contribution is 1.92. The molecule has 0 saturated carbocycles. The van der Waals surface area contributed by atoms with Crippen LogP contribution in [0, 0.1) is 0 Å². The summed E-state index contributed by atoms with van der Waals surface area (Å²) in [6.45, 7) is 2.83. The van der Waals surface area contributed by atoms with Gasteiger partial charge in [-0.25, -0.2) is 4.98 Å². The van der Waals surface area contributed by atoms with E-state index in [2.05, 4.69) is 22.7 Å². The molecule has 1 heterocycles. The lowest BCUT2D eigenvalue weighted by Crippen LogP contribution is -1.92. The van der Waals surface area contributed by atoms with Crippen molar-refractivity contribution in [2.24, 2.45) is 0 Å². The van der Waals surface area contributed by atoms with Crippen LogP contribution in [-0.2, 0) is 6.54 Å². The zero-order valence-electron chi connectivity index (χ0n) is 4.53. The molecule has 1 aromatic heterocycles. The first kappa shape index (κ1) is 5.50. The van der Waals surface area contributed by atoms with E-state index < -0.39 is 0 Å². The summed E-state index contributed by atoms with van der Waals surface area (Å²) in [5, 5.41) is 4.27. The van der Waals surface area contributed by atoms with Crippen molar-refractivity contribution in [3.05, 3.63) is 6.33 Å². The highest BCUT2D eigenvalue weighted by Gasteiger charge is 1.90. The third kappa shape index (κ3) is 0.949. The minimum Gasteiger partial charge on any atom is -0.252 e. The Hall–Kier alpha value is -0.640. The number of aromatic nitrogens is 3. The van der Waals surface area contributed by atoms with Crippen LogP contribution in [0.3, 0.4) is 0 Å². The molecule has 1 radical (unpaired) electrons. The van der Waals surface area contributed by atoms with Crippen LogP contribution in [0.1, 0.15) is 6.92 Å². The molecule has 0 aliphatic rings. The fourth-order valence-electron chi connectivity index (χ4n) is 0.430. The number of rotatable bonds is 1. The van der Waals surface area contributed by atoms with Gasteiger partial charge in [-0.05, 0) is 19.6 Å². The lowest BCUT2D eigenvalue weighted by atomic mass is 10.8. The maximum atomic E-state index is 4.66. The lowest BCUT2D eigenvalue weighted by molar-refractivity contribution is 0.642. The predicted octanol–water partition coefficient (Wildman–Crippen LogP) is 0.854. The molecule has 0 fully saturated rings. The third-order valence-electron chi connectivity index (χ3n) is 0.839. The van der Waals surface area contributed by atoms with Gasteiger partial charge in [0.25, 0.3) is 0 Å². The molecule has 0 spiro atoms. The largest absolute Gasteiger partial charge is 0.252 e. The normalized spacial score (nSPS) is 9.62. The summed E-state index contributed by atoms with van der Waals surface area (Å²) >= 11 is 4.66. The number of nitrogens with zero attached hydrogens (tertiary/aromatic N) is 3. The molecule has 8 heavy (non-hydrogen) atoms. The van der Waals surface area contributed by atoms with Gasteiger partial charge in [0.05, 0.1) is 0 Å². The molecule has 0 aliphatic heterocycles. The first-order chi connectivity index (χ1) is 3.83. The van der Waals surface area contributed by atoms with Crippen molar-refractivity contribution < 1.29 is 0 Å². The van der Waals surface area contributed by atoms with Crippen LogP contribution >= 0.6 is 12.6 Å². The summed E-state index contributed by atoms with van der Waals surface area (Å²) < 4.78 is 1.70. The van der Waals surface area contributed by atoms with Crippen LogP contribution < -0.4 is 0 Å². The van der Waals surface area contributed by atoms with Gasteiger partial charge in [0.2, 0.25) is 5.16 Å². The second kappa shape index (κ2) is 2.09. The Kier molecular flexibility index (Phi) is 1.43. The molecule has 1 aromatic rings. The molecule has 0 saturated heterocycles. The quantitative estimate of drug-likeness (QED) is 0.561. The van der Waals surface area contributed by atoms with E-state index in [1.165, 1.54) is 0 Å². The van der Waals surface area contributed by atoms with Gasteiger partial charge in [-0.1, -0.05) is 0 Å². The average molecular weight is 128 g/mol. The van der Waals surface area contributed by atoms with Crippen LogP contribution in [-0.4, -0.2) is 14.8 Å². The van der Waals surface area contributed by atoms with E-state index in [1.54, 1.807) is 11.0 Å². The summed E-state index contributed by atoms with van der Waals surface area (Å²) in [5.41, 5.74) is 0. The van der Waals surface area contributed by atoms with Gasteiger partial charge >= 0.3 is 0 Å². The summed E-state index contributed by atoms with van der Waals surface area (Å²) in [4.78, 5) is 3.75. The Bertz CT molecular complexity index is 172. The van der Waals surface area contributed by atoms with E-state index in [4.69, 9.17) is 0 Å². The highest BCUT2D eigenvalue weighted by molar-refractivity contribution is 7.80. The third-order valence-corrected chi connectivity index (χ3v) is 1.03. The smallest absolute Gasteiger partial charge is 0.239 e. The van der Waals surface area contributed by atoms with Gasteiger partial charge in [0, 0.05) is 6.54 Å². The molecule has 0 unspecified atom stereocenters. The molecule has 43 valence electrons. The van der Waals surface area contributed by atoms with Crippen molar-refractivity contribution in [1.82, 2.24) is 14.8 Å².